The average molecular weight is 304 g/mol. The van der Waals surface area contributed by atoms with Gasteiger partial charge < -0.3 is 10.6 Å². The fraction of sp³-hybridized carbons (Fsp3) is 0.588. The third-order valence-electron chi connectivity index (χ3n) is 4.30. The maximum absolute atomic E-state index is 12.3. The van der Waals surface area contributed by atoms with Crippen LogP contribution in [0.2, 0.25) is 0 Å². The lowest BCUT2D eigenvalue weighted by Gasteiger charge is -2.23. The summed E-state index contributed by atoms with van der Waals surface area (Å²) in [5.74, 6) is 1.43. The summed E-state index contributed by atoms with van der Waals surface area (Å²) in [7, 11) is 0. The molecule has 114 valence electrons. The molecule has 1 aliphatic carbocycles. The Kier molecular flexibility index (Phi) is 5.20. The van der Waals surface area contributed by atoms with E-state index in [1.807, 2.05) is 17.8 Å². The van der Waals surface area contributed by atoms with Gasteiger partial charge in [0.2, 0.25) is 5.91 Å². The summed E-state index contributed by atoms with van der Waals surface area (Å²) in [6.45, 7) is 2.18. The van der Waals surface area contributed by atoms with E-state index in [9.17, 15) is 4.79 Å². The fourth-order valence-corrected chi connectivity index (χ4v) is 3.97. The van der Waals surface area contributed by atoms with E-state index >= 15 is 0 Å². The summed E-state index contributed by atoms with van der Waals surface area (Å²) in [4.78, 5) is 12.3. The van der Waals surface area contributed by atoms with Gasteiger partial charge in [-0.2, -0.15) is 0 Å². The van der Waals surface area contributed by atoms with Crippen molar-refractivity contribution in [1.29, 1.82) is 0 Å². The Morgan fingerprint density at radius 3 is 2.57 bits per heavy atom. The van der Waals surface area contributed by atoms with Crippen molar-refractivity contribution < 1.29 is 4.79 Å². The monoisotopic (exact) mass is 304 g/mol. The van der Waals surface area contributed by atoms with Gasteiger partial charge in [0, 0.05) is 5.25 Å². The minimum absolute atomic E-state index is 0.194. The normalized spacial score (nSPS) is 21.0. The Balaban J connectivity index is 1.50. The summed E-state index contributed by atoms with van der Waals surface area (Å²) >= 11 is 1.82. The number of nitrogens with one attached hydrogen (secondary N) is 2. The molecule has 1 atom stereocenters. The second-order valence-electron chi connectivity index (χ2n) is 6.05. The van der Waals surface area contributed by atoms with Crippen LogP contribution in [0.4, 0.5) is 0 Å². The largest absolute Gasteiger partial charge is 0.348 e. The van der Waals surface area contributed by atoms with Crippen molar-refractivity contribution in [3.05, 3.63) is 35.9 Å². The lowest BCUT2D eigenvalue weighted by atomic mass is 10.0. The molecule has 2 N–H and O–H groups in total. The van der Waals surface area contributed by atoms with Gasteiger partial charge in [-0.3, -0.25) is 4.79 Å². The van der Waals surface area contributed by atoms with Crippen LogP contribution in [0.15, 0.2) is 30.3 Å². The number of hydrogen-bond donors (Lipinski definition) is 2. The number of carbonyl (C=O) groups is 1. The zero-order chi connectivity index (χ0) is 14.5. The number of thioether (sulfide) groups is 1. The zero-order valence-corrected chi connectivity index (χ0v) is 13.2. The van der Waals surface area contributed by atoms with E-state index < -0.39 is 0 Å². The van der Waals surface area contributed by atoms with Gasteiger partial charge in [-0.05, 0) is 50.3 Å². The Morgan fingerprint density at radius 1 is 1.19 bits per heavy atom. The molecule has 1 heterocycles. The summed E-state index contributed by atoms with van der Waals surface area (Å²) < 4.78 is 0. The second kappa shape index (κ2) is 7.32. The van der Waals surface area contributed by atoms with Gasteiger partial charge >= 0.3 is 0 Å². The first-order chi connectivity index (χ1) is 10.3. The van der Waals surface area contributed by atoms with Crippen LogP contribution in [0.25, 0.3) is 0 Å². The molecule has 1 saturated heterocycles. The number of piperidine rings is 1. The van der Waals surface area contributed by atoms with Crippen molar-refractivity contribution in [3.63, 3.8) is 0 Å². The molecule has 0 spiro atoms. The number of rotatable bonds is 6. The predicted molar refractivity (Wildman–Crippen MR) is 88.4 cm³/mol. The first-order valence-electron chi connectivity index (χ1n) is 7.99. The highest BCUT2D eigenvalue weighted by Gasteiger charge is 2.33. The summed E-state index contributed by atoms with van der Waals surface area (Å²) in [5, 5.41) is 7.27. The highest BCUT2D eigenvalue weighted by molar-refractivity contribution is 8.00. The third-order valence-corrected chi connectivity index (χ3v) is 5.68. The minimum atomic E-state index is 0.194. The van der Waals surface area contributed by atoms with Crippen LogP contribution in [0, 0.1) is 5.92 Å². The van der Waals surface area contributed by atoms with E-state index in [0.29, 0.717) is 16.9 Å². The number of benzene rings is 1. The van der Waals surface area contributed by atoms with Crippen LogP contribution in [-0.4, -0.2) is 30.0 Å². The molecule has 2 aliphatic rings. The summed E-state index contributed by atoms with van der Waals surface area (Å²) in [5.41, 5.74) is 1.25. The third kappa shape index (κ3) is 4.48. The molecular formula is C17H24N2OS. The molecule has 1 aliphatic heterocycles. The van der Waals surface area contributed by atoms with Crippen molar-refractivity contribution in [2.45, 2.75) is 37.0 Å². The molecule has 3 nitrogen and oxygen atoms in total. The topological polar surface area (TPSA) is 41.1 Å². The van der Waals surface area contributed by atoms with Crippen molar-refractivity contribution in [2.24, 2.45) is 5.92 Å². The molecule has 3 rings (SSSR count). The molecule has 0 aromatic heterocycles. The van der Waals surface area contributed by atoms with Crippen LogP contribution in [0.3, 0.4) is 0 Å². The Labute approximate surface area is 131 Å². The second-order valence-corrected chi connectivity index (χ2v) is 7.34. The highest BCUT2D eigenvalue weighted by atomic mass is 32.2. The standard InChI is InChI=1S/C17H24N2OS/c20-16(12-21-15-8-10-18-11-9-15)19-17(14-6-7-14)13-4-2-1-3-5-13/h1-5,14-15,17-18H,6-12H2,(H,19,20). The molecule has 0 bridgehead atoms. The van der Waals surface area contributed by atoms with Crippen LogP contribution < -0.4 is 10.6 Å². The van der Waals surface area contributed by atoms with Gasteiger partial charge in [-0.1, -0.05) is 30.3 Å². The van der Waals surface area contributed by atoms with Gasteiger partial charge in [-0.15, -0.1) is 11.8 Å². The van der Waals surface area contributed by atoms with E-state index in [2.05, 4.69) is 34.9 Å². The molecule has 1 unspecified atom stereocenters. The molecule has 0 radical (unpaired) electrons. The number of amides is 1. The molecule has 1 saturated carbocycles. The van der Waals surface area contributed by atoms with E-state index in [-0.39, 0.29) is 11.9 Å². The fourth-order valence-electron chi connectivity index (χ4n) is 2.93. The maximum Gasteiger partial charge on any atom is 0.230 e. The molecule has 2 fully saturated rings. The van der Waals surface area contributed by atoms with Crippen molar-refractivity contribution in [2.75, 3.05) is 18.8 Å². The zero-order valence-electron chi connectivity index (χ0n) is 12.4. The summed E-state index contributed by atoms with van der Waals surface area (Å²) in [6, 6.07) is 10.6. The molecule has 1 amide bonds. The van der Waals surface area contributed by atoms with E-state index in [4.69, 9.17) is 0 Å². The van der Waals surface area contributed by atoms with Gasteiger partial charge in [0.15, 0.2) is 0 Å². The molecule has 1 aromatic rings. The van der Waals surface area contributed by atoms with E-state index in [1.54, 1.807) is 0 Å². The minimum Gasteiger partial charge on any atom is -0.348 e. The maximum atomic E-state index is 12.3. The lowest BCUT2D eigenvalue weighted by Crippen LogP contribution is -2.33. The van der Waals surface area contributed by atoms with E-state index in [1.165, 1.54) is 31.2 Å². The van der Waals surface area contributed by atoms with Crippen LogP contribution in [0.5, 0.6) is 0 Å². The van der Waals surface area contributed by atoms with Gasteiger partial charge in [0.1, 0.15) is 0 Å². The van der Waals surface area contributed by atoms with Gasteiger partial charge in [0.05, 0.1) is 11.8 Å². The predicted octanol–water partition coefficient (Wildman–Crippen LogP) is 2.74. The first kappa shape index (κ1) is 14.9. The summed E-state index contributed by atoms with van der Waals surface area (Å²) in [6.07, 6.45) is 4.84. The quantitative estimate of drug-likeness (QED) is 0.849. The average Bonchev–Trinajstić information content (AvgIpc) is 3.37. The van der Waals surface area contributed by atoms with Crippen molar-refractivity contribution in [3.8, 4) is 0 Å². The van der Waals surface area contributed by atoms with Crippen LogP contribution >= 0.6 is 11.8 Å². The van der Waals surface area contributed by atoms with Gasteiger partial charge in [-0.25, -0.2) is 0 Å². The lowest BCUT2D eigenvalue weighted by molar-refractivity contribution is -0.119. The highest BCUT2D eigenvalue weighted by Crippen LogP contribution is 2.41. The van der Waals surface area contributed by atoms with Gasteiger partial charge in [0.25, 0.3) is 0 Å². The van der Waals surface area contributed by atoms with Crippen molar-refractivity contribution in [1.82, 2.24) is 10.6 Å². The molecule has 21 heavy (non-hydrogen) atoms. The molecule has 4 heteroatoms. The number of carbonyl (C=O) groups excluding carboxylic acids is 1. The SMILES string of the molecule is O=C(CSC1CCNCC1)NC(c1ccccc1)C1CC1. The van der Waals surface area contributed by atoms with E-state index in [0.717, 1.165) is 13.1 Å². The number of hydrogen-bond acceptors (Lipinski definition) is 3. The molecular weight excluding hydrogens is 280 g/mol. The van der Waals surface area contributed by atoms with Crippen LogP contribution in [0.1, 0.15) is 37.3 Å². The Hall–Kier alpha value is -1.00. The first-order valence-corrected chi connectivity index (χ1v) is 9.04. The molecule has 1 aromatic carbocycles. The van der Waals surface area contributed by atoms with Crippen molar-refractivity contribution >= 4 is 17.7 Å². The Bertz CT molecular complexity index is 455. The Morgan fingerprint density at radius 2 is 1.90 bits per heavy atom. The van der Waals surface area contributed by atoms with Crippen LogP contribution in [-0.2, 0) is 4.79 Å². The smallest absolute Gasteiger partial charge is 0.230 e.